The molecule has 2 heterocycles. The van der Waals surface area contributed by atoms with Gasteiger partial charge in [-0.2, -0.15) is 0 Å². The zero-order chi connectivity index (χ0) is 20.4. The van der Waals surface area contributed by atoms with Crippen molar-refractivity contribution in [3.63, 3.8) is 0 Å². The summed E-state index contributed by atoms with van der Waals surface area (Å²) >= 11 is 0. The summed E-state index contributed by atoms with van der Waals surface area (Å²) in [4.78, 5) is 29.3. The maximum absolute atomic E-state index is 12.6. The van der Waals surface area contributed by atoms with E-state index in [0.717, 1.165) is 16.8 Å². The molecule has 2 N–H and O–H groups in total. The molecule has 1 aromatic heterocycles. The molecule has 1 aliphatic heterocycles. The molecule has 7 nitrogen and oxygen atoms in total. The van der Waals surface area contributed by atoms with E-state index in [2.05, 4.69) is 15.6 Å². The molecule has 4 rings (SSSR count). The van der Waals surface area contributed by atoms with Crippen LogP contribution in [-0.2, 0) is 0 Å². The van der Waals surface area contributed by atoms with E-state index in [1.165, 1.54) is 18.5 Å². The second kappa shape index (κ2) is 7.63. The van der Waals surface area contributed by atoms with Gasteiger partial charge in [-0.1, -0.05) is 12.1 Å². The van der Waals surface area contributed by atoms with Crippen molar-refractivity contribution in [1.29, 1.82) is 0 Å². The fourth-order valence-electron chi connectivity index (χ4n) is 2.95. The largest absolute Gasteiger partial charge is 0.454 e. The Balaban J connectivity index is 1.49. The lowest BCUT2D eigenvalue weighted by Gasteiger charge is -2.11. The summed E-state index contributed by atoms with van der Waals surface area (Å²) in [6.45, 7) is 4.08. The van der Waals surface area contributed by atoms with E-state index in [-0.39, 0.29) is 24.2 Å². The number of amides is 2. The van der Waals surface area contributed by atoms with Crippen LogP contribution in [-0.4, -0.2) is 23.6 Å². The van der Waals surface area contributed by atoms with Gasteiger partial charge in [0.15, 0.2) is 11.5 Å². The molecule has 0 unspecified atom stereocenters. The van der Waals surface area contributed by atoms with Gasteiger partial charge < -0.3 is 20.1 Å². The molecule has 1 aliphatic rings. The van der Waals surface area contributed by atoms with Gasteiger partial charge in [0.25, 0.3) is 11.8 Å². The van der Waals surface area contributed by atoms with E-state index in [1.54, 1.807) is 18.2 Å². The third-order valence-corrected chi connectivity index (χ3v) is 4.75. The van der Waals surface area contributed by atoms with Crippen LogP contribution in [0.1, 0.15) is 31.8 Å². The second-order valence-electron chi connectivity index (χ2n) is 6.69. The molecule has 0 atom stereocenters. The monoisotopic (exact) mass is 389 g/mol. The first-order valence-corrected chi connectivity index (χ1v) is 9.05. The molecule has 146 valence electrons. The highest BCUT2D eigenvalue weighted by Crippen LogP contribution is 2.34. The first-order valence-electron chi connectivity index (χ1n) is 9.05. The molecule has 29 heavy (non-hydrogen) atoms. The number of ether oxygens (including phenoxy) is 2. The summed E-state index contributed by atoms with van der Waals surface area (Å²) in [6.07, 6.45) is 2.84. The molecule has 0 spiro atoms. The van der Waals surface area contributed by atoms with Crippen LogP contribution in [0.15, 0.2) is 54.9 Å². The van der Waals surface area contributed by atoms with E-state index in [0.29, 0.717) is 22.7 Å². The number of fused-ring (bicyclic) bond motifs is 1. The number of carbonyl (C=O) groups is 2. The lowest BCUT2D eigenvalue weighted by molar-refractivity contribution is 0.102. The second-order valence-corrected chi connectivity index (χ2v) is 6.69. The van der Waals surface area contributed by atoms with E-state index in [4.69, 9.17) is 9.47 Å². The molecule has 0 aliphatic carbocycles. The van der Waals surface area contributed by atoms with Gasteiger partial charge in [-0.25, -0.2) is 0 Å². The SMILES string of the molecule is Cc1cccc(NC(=O)c2cncc(C(=O)Nc3ccc4c(c3)OCO4)c2)c1C. The van der Waals surface area contributed by atoms with E-state index >= 15 is 0 Å². The molecule has 0 radical (unpaired) electrons. The van der Waals surface area contributed by atoms with E-state index in [9.17, 15) is 9.59 Å². The number of hydrogen-bond donors (Lipinski definition) is 2. The molecule has 2 amide bonds. The highest BCUT2D eigenvalue weighted by molar-refractivity contribution is 6.08. The number of aryl methyl sites for hydroxylation is 1. The smallest absolute Gasteiger partial charge is 0.257 e. The molecular weight excluding hydrogens is 370 g/mol. The van der Waals surface area contributed by atoms with Crippen LogP contribution >= 0.6 is 0 Å². The number of nitrogens with one attached hydrogen (secondary N) is 2. The van der Waals surface area contributed by atoms with Crippen molar-refractivity contribution in [2.75, 3.05) is 17.4 Å². The molecule has 3 aromatic rings. The topological polar surface area (TPSA) is 89.6 Å². The lowest BCUT2D eigenvalue weighted by atomic mass is 10.1. The van der Waals surface area contributed by atoms with Gasteiger partial charge in [0.2, 0.25) is 6.79 Å². The number of carbonyl (C=O) groups excluding carboxylic acids is 2. The maximum atomic E-state index is 12.6. The summed E-state index contributed by atoms with van der Waals surface area (Å²) in [5.41, 5.74) is 3.93. The summed E-state index contributed by atoms with van der Waals surface area (Å²) < 4.78 is 10.6. The van der Waals surface area contributed by atoms with Crippen molar-refractivity contribution in [3.05, 3.63) is 77.1 Å². The van der Waals surface area contributed by atoms with Gasteiger partial charge in [0, 0.05) is 29.8 Å². The standard InChI is InChI=1S/C22H19N3O4/c1-13-4-3-5-18(14(13)2)25-22(27)16-8-15(10-23-11-16)21(26)24-17-6-7-19-20(9-17)29-12-28-19/h3-11H,12H2,1-2H3,(H,24,26)(H,25,27). The van der Waals surface area contributed by atoms with Crippen molar-refractivity contribution in [2.24, 2.45) is 0 Å². The fraction of sp³-hybridized carbons (Fsp3) is 0.136. The zero-order valence-electron chi connectivity index (χ0n) is 16.0. The minimum atomic E-state index is -0.377. The Morgan fingerprint density at radius 3 is 2.41 bits per heavy atom. The molecular formula is C22H19N3O4. The predicted octanol–water partition coefficient (Wildman–Crippen LogP) is 3.93. The summed E-state index contributed by atoms with van der Waals surface area (Å²) in [5.74, 6) is 0.499. The number of pyridine rings is 1. The minimum Gasteiger partial charge on any atom is -0.454 e. The van der Waals surface area contributed by atoms with Crippen LogP contribution in [0.25, 0.3) is 0 Å². The minimum absolute atomic E-state index is 0.161. The van der Waals surface area contributed by atoms with Gasteiger partial charge in [0.05, 0.1) is 11.1 Å². The summed E-state index contributed by atoms with van der Waals surface area (Å²) in [5, 5.41) is 5.64. The van der Waals surface area contributed by atoms with Crippen LogP contribution in [0.2, 0.25) is 0 Å². The predicted molar refractivity (Wildman–Crippen MR) is 109 cm³/mol. The molecule has 2 aromatic carbocycles. The first-order chi connectivity index (χ1) is 14.0. The number of hydrogen-bond acceptors (Lipinski definition) is 5. The Kier molecular flexibility index (Phi) is 4.87. The van der Waals surface area contributed by atoms with Crippen molar-refractivity contribution < 1.29 is 19.1 Å². The normalized spacial score (nSPS) is 11.8. The third kappa shape index (κ3) is 3.89. The Labute approximate surface area is 167 Å². The average molecular weight is 389 g/mol. The van der Waals surface area contributed by atoms with Crippen molar-refractivity contribution in [3.8, 4) is 11.5 Å². The number of rotatable bonds is 4. The number of nitrogens with zero attached hydrogens (tertiary/aromatic N) is 1. The number of benzene rings is 2. The van der Waals surface area contributed by atoms with Crippen molar-refractivity contribution in [1.82, 2.24) is 4.98 Å². The Morgan fingerprint density at radius 2 is 1.62 bits per heavy atom. The van der Waals surface area contributed by atoms with Gasteiger partial charge in [0.1, 0.15) is 0 Å². The lowest BCUT2D eigenvalue weighted by Crippen LogP contribution is -2.16. The van der Waals surface area contributed by atoms with Gasteiger partial charge >= 0.3 is 0 Å². The molecule has 0 saturated carbocycles. The highest BCUT2D eigenvalue weighted by Gasteiger charge is 2.16. The fourth-order valence-corrected chi connectivity index (χ4v) is 2.95. The van der Waals surface area contributed by atoms with Crippen LogP contribution < -0.4 is 20.1 Å². The molecule has 7 heteroatoms. The first kappa shape index (κ1) is 18.5. The van der Waals surface area contributed by atoms with E-state index in [1.807, 2.05) is 32.0 Å². The Morgan fingerprint density at radius 1 is 0.897 bits per heavy atom. The van der Waals surface area contributed by atoms with E-state index < -0.39 is 0 Å². The molecule has 0 bridgehead atoms. The van der Waals surface area contributed by atoms with Crippen LogP contribution in [0, 0.1) is 13.8 Å². The maximum Gasteiger partial charge on any atom is 0.257 e. The zero-order valence-corrected chi connectivity index (χ0v) is 16.0. The Hall–Kier alpha value is -3.87. The van der Waals surface area contributed by atoms with Crippen molar-refractivity contribution in [2.45, 2.75) is 13.8 Å². The van der Waals surface area contributed by atoms with Gasteiger partial charge in [-0.05, 0) is 49.2 Å². The van der Waals surface area contributed by atoms with Crippen LogP contribution in [0.5, 0.6) is 11.5 Å². The van der Waals surface area contributed by atoms with Crippen LogP contribution in [0.3, 0.4) is 0 Å². The highest BCUT2D eigenvalue weighted by atomic mass is 16.7. The summed E-state index contributed by atoms with van der Waals surface area (Å²) in [7, 11) is 0. The number of aromatic nitrogens is 1. The Bertz CT molecular complexity index is 1110. The molecule has 0 saturated heterocycles. The van der Waals surface area contributed by atoms with Gasteiger partial charge in [-0.15, -0.1) is 0 Å². The number of anilines is 2. The van der Waals surface area contributed by atoms with Crippen molar-refractivity contribution >= 4 is 23.2 Å². The third-order valence-electron chi connectivity index (χ3n) is 4.75. The quantitative estimate of drug-likeness (QED) is 0.706. The summed E-state index contributed by atoms with van der Waals surface area (Å²) in [6, 6.07) is 12.3. The average Bonchev–Trinajstić information content (AvgIpc) is 3.19. The molecule has 0 fully saturated rings. The van der Waals surface area contributed by atoms with Gasteiger partial charge in [-0.3, -0.25) is 14.6 Å². The van der Waals surface area contributed by atoms with Crippen LogP contribution in [0.4, 0.5) is 11.4 Å².